The molecule has 3 nitrogen and oxygen atoms in total. The summed E-state index contributed by atoms with van der Waals surface area (Å²) in [7, 11) is 0. The number of hydrogen-bond donors (Lipinski definition) is 1. The molecule has 0 fully saturated rings. The van der Waals surface area contributed by atoms with Crippen molar-refractivity contribution in [3.8, 4) is 5.75 Å². The summed E-state index contributed by atoms with van der Waals surface area (Å²) in [6.45, 7) is 0. The number of nitrogens with zero attached hydrogens (tertiary/aromatic N) is 2. The van der Waals surface area contributed by atoms with Crippen molar-refractivity contribution in [2.24, 2.45) is 10.2 Å². The summed E-state index contributed by atoms with van der Waals surface area (Å²) in [6, 6.07) is 8.87. The van der Waals surface area contributed by atoms with Gasteiger partial charge in [0.05, 0.1) is 5.69 Å². The van der Waals surface area contributed by atoms with Gasteiger partial charge in [-0.15, -0.1) is 5.11 Å². The zero-order valence-corrected chi connectivity index (χ0v) is 8.94. The normalized spacial score (nSPS) is 11.1. The largest absolute Gasteiger partial charge is 0.503 e. The molecule has 0 amide bonds. The van der Waals surface area contributed by atoms with Crippen molar-refractivity contribution < 1.29 is 18.3 Å². The summed E-state index contributed by atoms with van der Waals surface area (Å²) in [5, 5.41) is 15.9. The highest BCUT2D eigenvalue weighted by molar-refractivity contribution is 5.45. The molecule has 0 aliphatic heterocycles. The van der Waals surface area contributed by atoms with E-state index in [1.54, 1.807) is 30.3 Å². The minimum Gasteiger partial charge on any atom is -0.503 e. The fourth-order valence-corrected chi connectivity index (χ4v) is 1.25. The second-order valence-corrected chi connectivity index (χ2v) is 3.39. The Balaban J connectivity index is 2.39. The summed E-state index contributed by atoms with van der Waals surface area (Å²) >= 11 is 0. The number of benzene rings is 2. The van der Waals surface area contributed by atoms with Gasteiger partial charge >= 0.3 is 0 Å². The molecule has 0 spiro atoms. The van der Waals surface area contributed by atoms with Crippen LogP contribution in [0.25, 0.3) is 0 Å². The first-order chi connectivity index (χ1) is 8.59. The van der Waals surface area contributed by atoms with Gasteiger partial charge in [0, 0.05) is 6.07 Å². The lowest BCUT2D eigenvalue weighted by atomic mass is 10.2. The van der Waals surface area contributed by atoms with Crippen molar-refractivity contribution in [1.82, 2.24) is 0 Å². The van der Waals surface area contributed by atoms with E-state index in [-0.39, 0.29) is 0 Å². The zero-order chi connectivity index (χ0) is 13.1. The minimum absolute atomic E-state index is 0.408. The van der Waals surface area contributed by atoms with Crippen LogP contribution in [0, 0.1) is 17.5 Å². The van der Waals surface area contributed by atoms with Gasteiger partial charge in [-0.1, -0.05) is 18.2 Å². The van der Waals surface area contributed by atoms with Crippen molar-refractivity contribution in [1.29, 1.82) is 0 Å². The molecule has 1 N–H and O–H groups in total. The Hall–Kier alpha value is -2.37. The van der Waals surface area contributed by atoms with Crippen LogP contribution in [0.3, 0.4) is 0 Å². The Morgan fingerprint density at radius 3 is 2.22 bits per heavy atom. The second-order valence-electron chi connectivity index (χ2n) is 3.39. The van der Waals surface area contributed by atoms with Crippen LogP contribution in [0.1, 0.15) is 0 Å². The van der Waals surface area contributed by atoms with Crippen LogP contribution >= 0.6 is 0 Å². The molecule has 0 bridgehead atoms. The average molecular weight is 252 g/mol. The molecule has 2 aromatic carbocycles. The van der Waals surface area contributed by atoms with Gasteiger partial charge in [0.25, 0.3) is 0 Å². The Labute approximate surface area is 100 Å². The van der Waals surface area contributed by atoms with E-state index in [9.17, 15) is 13.2 Å². The molecular formula is C12H7F3N2O. The summed E-state index contributed by atoms with van der Waals surface area (Å²) in [6.07, 6.45) is 0. The van der Waals surface area contributed by atoms with Crippen LogP contribution < -0.4 is 0 Å². The fourth-order valence-electron chi connectivity index (χ4n) is 1.25. The number of halogens is 3. The van der Waals surface area contributed by atoms with E-state index in [2.05, 4.69) is 10.2 Å². The smallest absolute Gasteiger partial charge is 0.205 e. The van der Waals surface area contributed by atoms with E-state index >= 15 is 0 Å². The number of azo groups is 1. The van der Waals surface area contributed by atoms with E-state index < -0.39 is 28.9 Å². The third-order valence-electron chi connectivity index (χ3n) is 2.14. The summed E-state index contributed by atoms with van der Waals surface area (Å²) in [5.74, 6) is -5.80. The van der Waals surface area contributed by atoms with Gasteiger partial charge in [-0.25, -0.2) is 8.78 Å². The van der Waals surface area contributed by atoms with Crippen molar-refractivity contribution in [2.75, 3.05) is 0 Å². The van der Waals surface area contributed by atoms with E-state index in [0.717, 1.165) is 0 Å². The minimum atomic E-state index is -1.68. The molecule has 0 aliphatic rings. The fraction of sp³-hybridized carbons (Fsp3) is 0. The molecule has 0 atom stereocenters. The maximum absolute atomic E-state index is 13.3. The third-order valence-corrected chi connectivity index (χ3v) is 2.14. The molecule has 2 aromatic rings. The van der Waals surface area contributed by atoms with E-state index in [4.69, 9.17) is 5.11 Å². The molecule has 0 saturated carbocycles. The van der Waals surface area contributed by atoms with Crippen molar-refractivity contribution in [2.45, 2.75) is 0 Å². The Morgan fingerprint density at radius 2 is 1.56 bits per heavy atom. The Morgan fingerprint density at radius 1 is 0.889 bits per heavy atom. The summed E-state index contributed by atoms with van der Waals surface area (Å²) in [4.78, 5) is 0. The predicted molar refractivity (Wildman–Crippen MR) is 58.6 cm³/mol. The maximum Gasteiger partial charge on any atom is 0.205 e. The van der Waals surface area contributed by atoms with Crippen LogP contribution in [-0.2, 0) is 0 Å². The van der Waals surface area contributed by atoms with Gasteiger partial charge in [-0.3, -0.25) is 0 Å². The number of hydrogen-bond acceptors (Lipinski definition) is 3. The van der Waals surface area contributed by atoms with Gasteiger partial charge in [-0.05, 0) is 12.1 Å². The molecule has 0 heterocycles. The summed E-state index contributed by atoms with van der Waals surface area (Å²) < 4.78 is 39.3. The number of aromatic hydroxyl groups is 1. The first kappa shape index (κ1) is 12.1. The quantitative estimate of drug-likeness (QED) is 0.631. The van der Waals surface area contributed by atoms with Gasteiger partial charge < -0.3 is 5.11 Å². The first-order valence-electron chi connectivity index (χ1n) is 4.93. The maximum atomic E-state index is 13.3. The molecule has 0 unspecified atom stereocenters. The van der Waals surface area contributed by atoms with Gasteiger partial charge in [0.15, 0.2) is 17.4 Å². The molecule has 18 heavy (non-hydrogen) atoms. The lowest BCUT2D eigenvalue weighted by Crippen LogP contribution is -1.89. The Kier molecular flexibility index (Phi) is 3.27. The number of phenols is 1. The molecule has 6 heteroatoms. The zero-order valence-electron chi connectivity index (χ0n) is 8.94. The van der Waals surface area contributed by atoms with E-state index in [1.165, 1.54) is 0 Å². The van der Waals surface area contributed by atoms with Crippen molar-refractivity contribution in [3.63, 3.8) is 0 Å². The van der Waals surface area contributed by atoms with Gasteiger partial charge in [-0.2, -0.15) is 9.50 Å². The van der Waals surface area contributed by atoms with Gasteiger partial charge in [0.1, 0.15) is 5.69 Å². The highest BCUT2D eigenvalue weighted by Gasteiger charge is 2.17. The average Bonchev–Trinajstić information content (AvgIpc) is 2.40. The van der Waals surface area contributed by atoms with E-state index in [0.29, 0.717) is 11.8 Å². The highest BCUT2D eigenvalue weighted by Crippen LogP contribution is 2.30. The standard InChI is InChI=1S/C12H7F3N2O/c13-8-6-9(10(14)11(15)12(8)18)17-16-7-4-2-1-3-5-7/h1-6,18H. The topological polar surface area (TPSA) is 45.0 Å². The van der Waals surface area contributed by atoms with Crippen LogP contribution in [0.2, 0.25) is 0 Å². The predicted octanol–water partition coefficient (Wildman–Crippen LogP) is 4.22. The first-order valence-corrected chi connectivity index (χ1v) is 4.93. The van der Waals surface area contributed by atoms with Crippen LogP contribution in [0.5, 0.6) is 5.75 Å². The van der Waals surface area contributed by atoms with Crippen LogP contribution in [0.15, 0.2) is 46.6 Å². The monoisotopic (exact) mass is 252 g/mol. The van der Waals surface area contributed by atoms with Crippen LogP contribution in [0.4, 0.5) is 24.5 Å². The molecule has 2 rings (SSSR count). The molecule has 0 saturated heterocycles. The second kappa shape index (κ2) is 4.87. The SMILES string of the molecule is Oc1c(F)cc(N=Nc2ccccc2)c(F)c1F. The lowest BCUT2D eigenvalue weighted by molar-refractivity contribution is 0.377. The van der Waals surface area contributed by atoms with Crippen LogP contribution in [-0.4, -0.2) is 5.11 Å². The lowest BCUT2D eigenvalue weighted by Gasteiger charge is -2.01. The molecule has 0 aliphatic carbocycles. The molecule has 0 radical (unpaired) electrons. The van der Waals surface area contributed by atoms with E-state index in [1.807, 2.05) is 0 Å². The molecular weight excluding hydrogens is 245 g/mol. The third kappa shape index (κ3) is 2.32. The molecule has 92 valence electrons. The Bertz CT molecular complexity index is 600. The highest BCUT2D eigenvalue weighted by atomic mass is 19.2. The summed E-state index contributed by atoms with van der Waals surface area (Å²) in [5.41, 5.74) is -0.211. The number of rotatable bonds is 2. The van der Waals surface area contributed by atoms with Crippen molar-refractivity contribution >= 4 is 11.4 Å². The van der Waals surface area contributed by atoms with Crippen molar-refractivity contribution in [3.05, 3.63) is 53.8 Å². The van der Waals surface area contributed by atoms with Gasteiger partial charge in [0.2, 0.25) is 5.82 Å². The number of phenolic OH excluding ortho intramolecular Hbond substituents is 1. The molecule has 0 aromatic heterocycles.